The van der Waals surface area contributed by atoms with Crippen LogP contribution < -0.4 is 10.4 Å². The first-order valence-corrected chi connectivity index (χ1v) is 9.34. The molecule has 1 N–H and O–H groups in total. The zero-order chi connectivity index (χ0) is 20.1. The Morgan fingerprint density at radius 3 is 2.10 bits per heavy atom. The van der Waals surface area contributed by atoms with E-state index in [-0.39, 0.29) is 18.9 Å². The normalized spacial score (nSPS) is 13.8. The number of urea groups is 1. The molecular formula is C23H20N4O2. The third-order valence-corrected chi connectivity index (χ3v) is 4.52. The van der Waals surface area contributed by atoms with Crippen LogP contribution >= 0.6 is 0 Å². The van der Waals surface area contributed by atoms with Gasteiger partial charge in [0.25, 0.3) is 0 Å². The topological polar surface area (TPSA) is 65.0 Å². The molecule has 6 nitrogen and oxygen atoms in total. The zero-order valence-electron chi connectivity index (χ0n) is 15.7. The summed E-state index contributed by atoms with van der Waals surface area (Å²) in [5.41, 5.74) is 5.83. The summed E-state index contributed by atoms with van der Waals surface area (Å²) in [5, 5.41) is 7.18. The minimum absolute atomic E-state index is 0.187. The summed E-state index contributed by atoms with van der Waals surface area (Å²) in [7, 11) is 0. The molecule has 0 radical (unpaired) electrons. The lowest BCUT2D eigenvalue weighted by atomic mass is 10.1. The predicted octanol–water partition coefficient (Wildman–Crippen LogP) is 3.61. The van der Waals surface area contributed by atoms with Crippen molar-refractivity contribution in [1.29, 1.82) is 0 Å². The van der Waals surface area contributed by atoms with E-state index in [0.717, 1.165) is 11.1 Å². The molecule has 0 unspecified atom stereocenters. The predicted molar refractivity (Wildman–Crippen MR) is 112 cm³/mol. The number of amides is 3. The van der Waals surface area contributed by atoms with Gasteiger partial charge in [-0.3, -0.25) is 10.2 Å². The van der Waals surface area contributed by atoms with Crippen LogP contribution in [0.2, 0.25) is 0 Å². The van der Waals surface area contributed by atoms with Crippen molar-refractivity contribution in [3.05, 3.63) is 102 Å². The third-order valence-electron chi connectivity index (χ3n) is 4.52. The molecule has 0 spiro atoms. The molecule has 3 amide bonds. The summed E-state index contributed by atoms with van der Waals surface area (Å²) < 4.78 is 0. The number of nitrogens with zero attached hydrogens (tertiary/aromatic N) is 3. The van der Waals surface area contributed by atoms with Gasteiger partial charge in [-0.1, -0.05) is 78.9 Å². The monoisotopic (exact) mass is 384 g/mol. The Morgan fingerprint density at radius 1 is 0.862 bits per heavy atom. The molecule has 6 heteroatoms. The standard InChI is InChI=1S/C23H20N4O2/c28-22(16-18-10-4-1-5-11-18)25-26-17-21(19-12-6-2-7-13-19)24-27(23(26)29)20-14-8-3-9-15-20/h1-15H,16-17H2,(H,25,28). The first-order valence-electron chi connectivity index (χ1n) is 9.34. The van der Waals surface area contributed by atoms with Crippen LogP contribution in [0.1, 0.15) is 11.1 Å². The molecule has 0 fully saturated rings. The molecule has 0 saturated carbocycles. The van der Waals surface area contributed by atoms with Crippen LogP contribution in [-0.2, 0) is 11.2 Å². The number of benzene rings is 3. The molecule has 0 aliphatic carbocycles. The van der Waals surface area contributed by atoms with Crippen LogP contribution in [0.25, 0.3) is 0 Å². The minimum atomic E-state index is -0.405. The number of hydrogen-bond donors (Lipinski definition) is 1. The van der Waals surface area contributed by atoms with Crippen molar-refractivity contribution >= 4 is 23.3 Å². The molecule has 4 rings (SSSR count). The SMILES string of the molecule is O=C(Cc1ccccc1)NN1CC(c2ccccc2)=NN(c2ccccc2)C1=O. The third kappa shape index (κ3) is 4.32. The van der Waals surface area contributed by atoms with Crippen molar-refractivity contribution in [2.45, 2.75) is 6.42 Å². The first-order chi connectivity index (χ1) is 14.2. The molecule has 3 aromatic rings. The lowest BCUT2D eigenvalue weighted by Crippen LogP contribution is -2.56. The molecule has 1 aliphatic rings. The summed E-state index contributed by atoms with van der Waals surface area (Å²) in [6.07, 6.45) is 0.188. The van der Waals surface area contributed by atoms with E-state index in [9.17, 15) is 9.59 Å². The largest absolute Gasteiger partial charge is 0.364 e. The summed E-state index contributed by atoms with van der Waals surface area (Å²) in [6.45, 7) is 0.187. The van der Waals surface area contributed by atoms with E-state index >= 15 is 0 Å². The number of carbonyl (C=O) groups excluding carboxylic acids is 2. The number of rotatable bonds is 5. The Kier molecular flexibility index (Phi) is 5.33. The number of carbonyl (C=O) groups is 2. The summed E-state index contributed by atoms with van der Waals surface area (Å²) in [4.78, 5) is 25.6. The van der Waals surface area contributed by atoms with Crippen molar-refractivity contribution in [2.75, 3.05) is 11.6 Å². The Labute approximate surface area is 169 Å². The Balaban J connectivity index is 1.60. The summed E-state index contributed by atoms with van der Waals surface area (Å²) in [6, 6.07) is 27.8. The smallest absolute Gasteiger partial charge is 0.273 e. The maximum atomic E-state index is 13.0. The van der Waals surface area contributed by atoms with Crippen LogP contribution in [0.15, 0.2) is 96.1 Å². The second kappa shape index (κ2) is 8.39. The molecule has 0 atom stereocenters. The molecule has 0 aromatic heterocycles. The fraction of sp³-hybridized carbons (Fsp3) is 0.0870. The highest BCUT2D eigenvalue weighted by molar-refractivity contribution is 6.09. The second-order valence-electron chi connectivity index (χ2n) is 6.63. The highest BCUT2D eigenvalue weighted by Crippen LogP contribution is 2.20. The lowest BCUT2D eigenvalue weighted by Gasteiger charge is -2.33. The molecular weight excluding hydrogens is 364 g/mol. The van der Waals surface area contributed by atoms with Crippen molar-refractivity contribution < 1.29 is 9.59 Å². The van der Waals surface area contributed by atoms with Crippen molar-refractivity contribution in [3.63, 3.8) is 0 Å². The van der Waals surface area contributed by atoms with Gasteiger partial charge < -0.3 is 0 Å². The van der Waals surface area contributed by atoms with Gasteiger partial charge in [-0.2, -0.15) is 10.1 Å². The number of nitrogens with one attached hydrogen (secondary N) is 1. The van der Waals surface area contributed by atoms with Crippen molar-refractivity contribution in [1.82, 2.24) is 10.4 Å². The number of hydrogen-bond acceptors (Lipinski definition) is 3. The van der Waals surface area contributed by atoms with Gasteiger partial charge in [0, 0.05) is 0 Å². The highest BCUT2D eigenvalue weighted by atomic mass is 16.2. The summed E-state index contributed by atoms with van der Waals surface area (Å²) in [5.74, 6) is -0.258. The second-order valence-corrected chi connectivity index (χ2v) is 6.63. The zero-order valence-corrected chi connectivity index (χ0v) is 15.7. The maximum absolute atomic E-state index is 13.0. The van der Waals surface area contributed by atoms with E-state index in [0.29, 0.717) is 11.4 Å². The Morgan fingerprint density at radius 2 is 1.45 bits per heavy atom. The Hall–Kier alpha value is -3.93. The van der Waals surface area contributed by atoms with Gasteiger partial charge in [-0.25, -0.2) is 9.80 Å². The fourth-order valence-electron chi connectivity index (χ4n) is 3.10. The van der Waals surface area contributed by atoms with E-state index in [1.807, 2.05) is 78.9 Å². The first kappa shape index (κ1) is 18.4. The number of hydrazine groups is 1. The quantitative estimate of drug-likeness (QED) is 0.730. The average molecular weight is 384 g/mol. The van der Waals surface area contributed by atoms with Crippen molar-refractivity contribution in [3.8, 4) is 0 Å². The summed E-state index contributed by atoms with van der Waals surface area (Å²) >= 11 is 0. The van der Waals surface area contributed by atoms with Crippen LogP contribution in [-0.4, -0.2) is 29.2 Å². The van der Waals surface area contributed by atoms with Crippen LogP contribution in [0.4, 0.5) is 10.5 Å². The molecule has 29 heavy (non-hydrogen) atoms. The van der Waals surface area contributed by atoms with Crippen LogP contribution in [0, 0.1) is 0 Å². The number of para-hydroxylation sites is 1. The molecule has 144 valence electrons. The minimum Gasteiger partial charge on any atom is -0.273 e. The Bertz CT molecular complexity index is 1020. The number of hydrazone groups is 1. The van der Waals surface area contributed by atoms with Gasteiger partial charge in [-0.15, -0.1) is 0 Å². The van der Waals surface area contributed by atoms with Crippen molar-refractivity contribution in [2.24, 2.45) is 5.10 Å². The van der Waals surface area contributed by atoms with Gasteiger partial charge in [0.1, 0.15) is 0 Å². The van der Waals surface area contributed by atoms with Gasteiger partial charge in [0.15, 0.2) is 0 Å². The highest BCUT2D eigenvalue weighted by Gasteiger charge is 2.30. The molecule has 1 heterocycles. The van der Waals surface area contributed by atoms with Gasteiger partial charge in [0.2, 0.25) is 5.91 Å². The van der Waals surface area contributed by atoms with Gasteiger partial charge >= 0.3 is 6.03 Å². The van der Waals surface area contributed by atoms with Gasteiger partial charge in [0.05, 0.1) is 24.4 Å². The van der Waals surface area contributed by atoms with E-state index in [1.165, 1.54) is 10.0 Å². The van der Waals surface area contributed by atoms with Gasteiger partial charge in [-0.05, 0) is 23.3 Å². The molecule has 0 bridgehead atoms. The lowest BCUT2D eigenvalue weighted by molar-refractivity contribution is -0.123. The maximum Gasteiger partial charge on any atom is 0.364 e. The van der Waals surface area contributed by atoms with Crippen LogP contribution in [0.3, 0.4) is 0 Å². The van der Waals surface area contributed by atoms with E-state index < -0.39 is 6.03 Å². The van der Waals surface area contributed by atoms with E-state index in [1.54, 1.807) is 12.1 Å². The molecule has 1 aliphatic heterocycles. The van der Waals surface area contributed by atoms with Crippen LogP contribution in [0.5, 0.6) is 0 Å². The van der Waals surface area contributed by atoms with E-state index in [2.05, 4.69) is 10.5 Å². The fourth-order valence-corrected chi connectivity index (χ4v) is 3.10. The number of anilines is 1. The molecule has 3 aromatic carbocycles. The van der Waals surface area contributed by atoms with E-state index in [4.69, 9.17) is 0 Å². The molecule has 0 saturated heterocycles. The average Bonchev–Trinajstić information content (AvgIpc) is 2.77.